The lowest BCUT2D eigenvalue weighted by atomic mass is 10.00. The fourth-order valence-corrected chi connectivity index (χ4v) is 2.24. The second-order valence-electron chi connectivity index (χ2n) is 4.46. The zero-order valence-corrected chi connectivity index (χ0v) is 8.51. The summed E-state index contributed by atoms with van der Waals surface area (Å²) in [6.07, 6.45) is 2.97. The third-order valence-electron chi connectivity index (χ3n) is 3.12. The van der Waals surface area contributed by atoms with E-state index in [2.05, 4.69) is 12.2 Å². The fourth-order valence-electron chi connectivity index (χ4n) is 2.24. The van der Waals surface area contributed by atoms with E-state index in [1.807, 2.05) is 0 Å². The lowest BCUT2D eigenvalue weighted by molar-refractivity contribution is -0.139. The van der Waals surface area contributed by atoms with Gasteiger partial charge in [-0.2, -0.15) is 0 Å². The zero-order valence-electron chi connectivity index (χ0n) is 8.51. The van der Waals surface area contributed by atoms with Gasteiger partial charge in [0.1, 0.15) is 0 Å². The van der Waals surface area contributed by atoms with Gasteiger partial charge in [0.25, 0.3) is 0 Å². The highest BCUT2D eigenvalue weighted by Gasteiger charge is 2.37. The minimum atomic E-state index is -0.0460. The number of nitrogens with one attached hydrogen (secondary N) is 1. The van der Waals surface area contributed by atoms with Gasteiger partial charge < -0.3 is 5.32 Å². The van der Waals surface area contributed by atoms with Crippen molar-refractivity contribution in [3.8, 4) is 0 Å². The first-order valence-electron chi connectivity index (χ1n) is 5.19. The molecule has 0 aromatic heterocycles. The lowest BCUT2D eigenvalue weighted by Crippen LogP contribution is -2.49. The van der Waals surface area contributed by atoms with Crippen LogP contribution in [-0.4, -0.2) is 35.3 Å². The summed E-state index contributed by atoms with van der Waals surface area (Å²) in [5.74, 6) is -0.0187. The van der Waals surface area contributed by atoms with Gasteiger partial charge in [-0.15, -0.1) is 0 Å². The Balaban J connectivity index is 2.02. The zero-order chi connectivity index (χ0) is 10.2. The van der Waals surface area contributed by atoms with Gasteiger partial charge in [0.2, 0.25) is 11.8 Å². The minimum Gasteiger partial charge on any atom is -0.310 e. The molecule has 2 saturated heterocycles. The molecule has 4 nitrogen and oxygen atoms in total. The quantitative estimate of drug-likeness (QED) is 0.645. The molecule has 2 fully saturated rings. The highest BCUT2D eigenvalue weighted by Crippen LogP contribution is 2.22. The molecule has 0 radical (unpaired) electrons. The predicted molar refractivity (Wildman–Crippen MR) is 51.6 cm³/mol. The van der Waals surface area contributed by atoms with E-state index in [1.165, 1.54) is 4.90 Å². The minimum absolute atomic E-state index is 0.00933. The Bertz CT molecular complexity index is 253. The molecule has 0 aliphatic carbocycles. The number of rotatable bonds is 2. The van der Waals surface area contributed by atoms with Gasteiger partial charge in [-0.25, -0.2) is 0 Å². The normalized spacial score (nSPS) is 33.1. The Labute approximate surface area is 83.6 Å². The summed E-state index contributed by atoms with van der Waals surface area (Å²) in [6.45, 7) is 3.62. The molecular weight excluding hydrogens is 180 g/mol. The van der Waals surface area contributed by atoms with Crippen LogP contribution in [0.1, 0.15) is 32.6 Å². The van der Waals surface area contributed by atoms with Crippen LogP contribution in [-0.2, 0) is 9.59 Å². The molecule has 78 valence electrons. The van der Waals surface area contributed by atoms with Gasteiger partial charge in [0.05, 0.1) is 0 Å². The maximum atomic E-state index is 11.4. The second kappa shape index (κ2) is 3.35. The monoisotopic (exact) mass is 196 g/mol. The van der Waals surface area contributed by atoms with Crippen molar-refractivity contribution in [2.75, 3.05) is 13.1 Å². The van der Waals surface area contributed by atoms with E-state index in [-0.39, 0.29) is 17.4 Å². The van der Waals surface area contributed by atoms with Gasteiger partial charge in [-0.1, -0.05) is 0 Å². The topological polar surface area (TPSA) is 49.4 Å². The van der Waals surface area contributed by atoms with Crippen molar-refractivity contribution in [2.24, 2.45) is 0 Å². The van der Waals surface area contributed by atoms with E-state index < -0.39 is 0 Å². The van der Waals surface area contributed by atoms with Crippen LogP contribution in [0.25, 0.3) is 0 Å². The van der Waals surface area contributed by atoms with Crippen molar-refractivity contribution in [1.82, 2.24) is 10.2 Å². The fraction of sp³-hybridized carbons (Fsp3) is 0.800. The maximum absolute atomic E-state index is 11.4. The van der Waals surface area contributed by atoms with Crippen molar-refractivity contribution in [3.63, 3.8) is 0 Å². The molecular formula is C10H16N2O2. The third-order valence-corrected chi connectivity index (χ3v) is 3.12. The number of carbonyl (C=O) groups is 2. The van der Waals surface area contributed by atoms with Gasteiger partial charge in [-0.05, 0) is 26.3 Å². The summed E-state index contributed by atoms with van der Waals surface area (Å²) in [5.41, 5.74) is -0.0460. The summed E-state index contributed by atoms with van der Waals surface area (Å²) in [6, 6.07) is 0. The Morgan fingerprint density at radius 2 is 2.00 bits per heavy atom. The SMILES string of the molecule is CC1(CN2C(=O)CCC2=O)CCCN1. The molecule has 14 heavy (non-hydrogen) atoms. The van der Waals surface area contributed by atoms with E-state index in [0.717, 1.165) is 19.4 Å². The molecule has 2 aliphatic heterocycles. The number of carbonyl (C=O) groups excluding carboxylic acids is 2. The molecule has 2 amide bonds. The molecule has 1 atom stereocenters. The van der Waals surface area contributed by atoms with Crippen LogP contribution in [0.5, 0.6) is 0 Å². The molecule has 1 N–H and O–H groups in total. The summed E-state index contributed by atoms with van der Waals surface area (Å²) in [4.78, 5) is 24.2. The lowest BCUT2D eigenvalue weighted by Gasteiger charge is -2.28. The molecule has 0 saturated carbocycles. The highest BCUT2D eigenvalue weighted by atomic mass is 16.2. The number of likely N-dealkylation sites (tertiary alicyclic amines) is 1. The molecule has 4 heteroatoms. The Morgan fingerprint density at radius 3 is 2.50 bits per heavy atom. The van der Waals surface area contributed by atoms with E-state index in [9.17, 15) is 9.59 Å². The molecule has 2 heterocycles. The second-order valence-corrected chi connectivity index (χ2v) is 4.46. The molecule has 2 aliphatic rings. The molecule has 1 unspecified atom stereocenters. The molecule has 0 aromatic carbocycles. The van der Waals surface area contributed by atoms with E-state index >= 15 is 0 Å². The number of hydrogen-bond donors (Lipinski definition) is 1. The average Bonchev–Trinajstić information content (AvgIpc) is 2.68. The Morgan fingerprint density at radius 1 is 1.36 bits per heavy atom. The number of imide groups is 1. The first-order valence-corrected chi connectivity index (χ1v) is 5.19. The van der Waals surface area contributed by atoms with Gasteiger partial charge in [0.15, 0.2) is 0 Å². The van der Waals surface area contributed by atoms with Crippen LogP contribution in [0, 0.1) is 0 Å². The summed E-state index contributed by atoms with van der Waals surface area (Å²) in [7, 11) is 0. The number of nitrogens with zero attached hydrogens (tertiary/aromatic N) is 1. The maximum Gasteiger partial charge on any atom is 0.229 e. The Kier molecular flexibility index (Phi) is 2.31. The highest BCUT2D eigenvalue weighted by molar-refractivity contribution is 6.02. The van der Waals surface area contributed by atoms with Crippen molar-refractivity contribution >= 4 is 11.8 Å². The van der Waals surface area contributed by atoms with E-state index in [4.69, 9.17) is 0 Å². The molecule has 0 aromatic rings. The smallest absolute Gasteiger partial charge is 0.229 e. The van der Waals surface area contributed by atoms with Crippen LogP contribution in [0.2, 0.25) is 0 Å². The average molecular weight is 196 g/mol. The summed E-state index contributed by atoms with van der Waals surface area (Å²) < 4.78 is 0. The third kappa shape index (κ3) is 1.66. The van der Waals surface area contributed by atoms with Crippen molar-refractivity contribution in [2.45, 2.75) is 38.1 Å². The molecule has 0 bridgehead atoms. The van der Waals surface area contributed by atoms with Gasteiger partial charge >= 0.3 is 0 Å². The van der Waals surface area contributed by atoms with E-state index in [0.29, 0.717) is 19.4 Å². The van der Waals surface area contributed by atoms with E-state index in [1.54, 1.807) is 0 Å². The number of amides is 2. The van der Waals surface area contributed by atoms with Crippen LogP contribution in [0.15, 0.2) is 0 Å². The van der Waals surface area contributed by atoms with Crippen molar-refractivity contribution in [1.29, 1.82) is 0 Å². The first kappa shape index (κ1) is 9.65. The molecule has 2 rings (SSSR count). The van der Waals surface area contributed by atoms with Crippen LogP contribution in [0.3, 0.4) is 0 Å². The Hall–Kier alpha value is -0.900. The largest absolute Gasteiger partial charge is 0.310 e. The first-order chi connectivity index (χ1) is 6.61. The predicted octanol–water partition coefficient (Wildman–Crippen LogP) is 0.277. The van der Waals surface area contributed by atoms with Crippen molar-refractivity contribution in [3.05, 3.63) is 0 Å². The molecule has 0 spiro atoms. The van der Waals surface area contributed by atoms with Crippen molar-refractivity contribution < 1.29 is 9.59 Å². The van der Waals surface area contributed by atoms with Crippen LogP contribution >= 0.6 is 0 Å². The summed E-state index contributed by atoms with van der Waals surface area (Å²) >= 11 is 0. The number of hydrogen-bond acceptors (Lipinski definition) is 3. The van der Waals surface area contributed by atoms with Crippen LogP contribution < -0.4 is 5.32 Å². The van der Waals surface area contributed by atoms with Crippen LogP contribution in [0.4, 0.5) is 0 Å². The standard InChI is InChI=1S/C10H16N2O2/c1-10(5-2-6-11-10)7-12-8(13)3-4-9(12)14/h11H,2-7H2,1H3. The van der Waals surface area contributed by atoms with Gasteiger partial charge in [-0.3, -0.25) is 14.5 Å². The summed E-state index contributed by atoms with van der Waals surface area (Å²) in [5, 5.41) is 3.35. The van der Waals surface area contributed by atoms with Gasteiger partial charge in [0, 0.05) is 24.9 Å².